The highest BCUT2D eigenvalue weighted by Crippen LogP contribution is 2.34. The molecule has 1 heteroatoms. The van der Waals surface area contributed by atoms with E-state index in [-0.39, 0.29) is 0 Å². The summed E-state index contributed by atoms with van der Waals surface area (Å²) in [5.74, 6) is 0. The summed E-state index contributed by atoms with van der Waals surface area (Å²) >= 11 is 3.67. The molecule has 0 spiro atoms. The van der Waals surface area contributed by atoms with Crippen LogP contribution in [0.25, 0.3) is 0 Å². The average Bonchev–Trinajstić information content (AvgIpc) is 1.65. The van der Waals surface area contributed by atoms with E-state index in [0.717, 1.165) is 0 Å². The molecule has 1 aliphatic carbocycles. The molecular formula is C7H12Br. The van der Waals surface area contributed by atoms with Crippen LogP contribution < -0.4 is 0 Å². The fourth-order valence-corrected chi connectivity index (χ4v) is 1.53. The Morgan fingerprint density at radius 2 is 1.88 bits per heavy atom. The number of rotatable bonds is 0. The van der Waals surface area contributed by atoms with Crippen molar-refractivity contribution in [3.8, 4) is 0 Å². The fourth-order valence-electron chi connectivity index (χ4n) is 1.08. The Morgan fingerprint density at radius 1 is 1.38 bits per heavy atom. The summed E-state index contributed by atoms with van der Waals surface area (Å²) in [6.07, 6.45) is 7.59. The molecule has 0 amide bonds. The Kier molecular flexibility index (Phi) is 1.97. The van der Waals surface area contributed by atoms with Crippen LogP contribution in [0.1, 0.15) is 32.6 Å². The van der Waals surface area contributed by atoms with Gasteiger partial charge in [-0.05, 0) is 39.0 Å². The minimum atomic E-state index is 0.460. The van der Waals surface area contributed by atoms with Crippen LogP contribution in [0.5, 0.6) is 0 Å². The zero-order valence-electron chi connectivity index (χ0n) is 5.28. The van der Waals surface area contributed by atoms with Crippen molar-refractivity contribution in [3.05, 3.63) is 6.42 Å². The van der Waals surface area contributed by atoms with Crippen LogP contribution in [0.15, 0.2) is 0 Å². The molecule has 0 nitrogen and oxygen atoms in total. The van der Waals surface area contributed by atoms with Crippen molar-refractivity contribution in [1.82, 2.24) is 0 Å². The van der Waals surface area contributed by atoms with Crippen molar-refractivity contribution in [2.75, 3.05) is 0 Å². The zero-order chi connectivity index (χ0) is 6.04. The Bertz CT molecular complexity index is 68.5. The zero-order valence-corrected chi connectivity index (χ0v) is 6.87. The van der Waals surface area contributed by atoms with Gasteiger partial charge in [-0.1, -0.05) is 15.9 Å². The minimum absolute atomic E-state index is 0.460. The molecule has 1 rings (SSSR count). The van der Waals surface area contributed by atoms with E-state index in [2.05, 4.69) is 29.3 Å². The lowest BCUT2D eigenvalue weighted by atomic mass is 9.91. The third kappa shape index (κ3) is 1.77. The molecule has 0 heterocycles. The lowest BCUT2D eigenvalue weighted by Gasteiger charge is -2.26. The van der Waals surface area contributed by atoms with Gasteiger partial charge in [-0.2, -0.15) is 0 Å². The van der Waals surface area contributed by atoms with Gasteiger partial charge in [-0.3, -0.25) is 0 Å². The first-order chi connectivity index (χ1) is 3.71. The minimum Gasteiger partial charge on any atom is -0.0856 e. The van der Waals surface area contributed by atoms with E-state index >= 15 is 0 Å². The van der Waals surface area contributed by atoms with Gasteiger partial charge in [0.1, 0.15) is 0 Å². The SMILES string of the molecule is CC1(Br)CC[CH]CC1. The monoisotopic (exact) mass is 175 g/mol. The summed E-state index contributed by atoms with van der Waals surface area (Å²) in [5, 5.41) is 0. The molecule has 0 N–H and O–H groups in total. The lowest BCUT2D eigenvalue weighted by Crippen LogP contribution is -2.18. The molecule has 1 aliphatic rings. The first kappa shape index (κ1) is 6.60. The molecule has 8 heavy (non-hydrogen) atoms. The van der Waals surface area contributed by atoms with E-state index in [0.29, 0.717) is 4.32 Å². The molecule has 47 valence electrons. The summed E-state index contributed by atoms with van der Waals surface area (Å²) in [7, 11) is 0. The predicted octanol–water partition coefficient (Wildman–Crippen LogP) is 2.92. The normalized spacial score (nSPS) is 27.8. The molecule has 1 fully saturated rings. The van der Waals surface area contributed by atoms with Crippen molar-refractivity contribution in [2.24, 2.45) is 0 Å². The number of alkyl halides is 1. The topological polar surface area (TPSA) is 0 Å². The second-order valence-electron chi connectivity index (χ2n) is 2.78. The molecule has 1 radical (unpaired) electrons. The van der Waals surface area contributed by atoms with Gasteiger partial charge in [0.15, 0.2) is 0 Å². The van der Waals surface area contributed by atoms with Crippen molar-refractivity contribution in [3.63, 3.8) is 0 Å². The molecule has 0 aromatic rings. The van der Waals surface area contributed by atoms with E-state index in [1.807, 2.05) is 0 Å². The van der Waals surface area contributed by atoms with Gasteiger partial charge in [0.05, 0.1) is 0 Å². The Balaban J connectivity index is 2.33. The average molecular weight is 176 g/mol. The second-order valence-corrected chi connectivity index (χ2v) is 4.69. The maximum absolute atomic E-state index is 3.67. The Morgan fingerprint density at radius 3 is 2.12 bits per heavy atom. The van der Waals surface area contributed by atoms with E-state index < -0.39 is 0 Å². The summed E-state index contributed by atoms with van der Waals surface area (Å²) < 4.78 is 0.460. The molecule has 0 unspecified atom stereocenters. The second kappa shape index (κ2) is 2.38. The summed E-state index contributed by atoms with van der Waals surface area (Å²) in [6.45, 7) is 2.28. The van der Waals surface area contributed by atoms with Crippen LogP contribution in [-0.2, 0) is 0 Å². The van der Waals surface area contributed by atoms with Crippen LogP contribution in [-0.4, -0.2) is 4.32 Å². The van der Waals surface area contributed by atoms with E-state index in [1.165, 1.54) is 25.7 Å². The highest BCUT2D eigenvalue weighted by Gasteiger charge is 2.22. The highest BCUT2D eigenvalue weighted by molar-refractivity contribution is 9.10. The highest BCUT2D eigenvalue weighted by atomic mass is 79.9. The maximum atomic E-state index is 3.67. The van der Waals surface area contributed by atoms with Gasteiger partial charge < -0.3 is 0 Å². The molecule has 0 bridgehead atoms. The largest absolute Gasteiger partial charge is 0.0856 e. The third-order valence-electron chi connectivity index (χ3n) is 1.74. The van der Waals surface area contributed by atoms with Gasteiger partial charge >= 0.3 is 0 Å². The van der Waals surface area contributed by atoms with Crippen LogP contribution in [0.2, 0.25) is 0 Å². The quantitative estimate of drug-likeness (QED) is 0.498. The molecule has 0 saturated heterocycles. The van der Waals surface area contributed by atoms with Gasteiger partial charge in [0.25, 0.3) is 0 Å². The Labute approximate surface area is 59.8 Å². The maximum Gasteiger partial charge on any atom is 0.0230 e. The van der Waals surface area contributed by atoms with Crippen LogP contribution in [0, 0.1) is 6.42 Å². The van der Waals surface area contributed by atoms with Gasteiger partial charge in [0.2, 0.25) is 0 Å². The predicted molar refractivity (Wildman–Crippen MR) is 40.1 cm³/mol. The smallest absolute Gasteiger partial charge is 0.0230 e. The van der Waals surface area contributed by atoms with Crippen molar-refractivity contribution < 1.29 is 0 Å². The van der Waals surface area contributed by atoms with Crippen molar-refractivity contribution >= 4 is 15.9 Å². The fraction of sp³-hybridized carbons (Fsp3) is 0.857. The summed E-state index contributed by atoms with van der Waals surface area (Å²) in [4.78, 5) is 0. The van der Waals surface area contributed by atoms with Crippen LogP contribution in [0.4, 0.5) is 0 Å². The number of hydrogen-bond acceptors (Lipinski definition) is 0. The molecule has 1 saturated carbocycles. The standard InChI is InChI=1S/C7H12Br/c1-7(8)5-3-2-4-6-7/h2H,3-6H2,1H3. The van der Waals surface area contributed by atoms with Crippen LogP contribution in [0.3, 0.4) is 0 Å². The summed E-state index contributed by atoms with van der Waals surface area (Å²) in [6, 6.07) is 0. The van der Waals surface area contributed by atoms with Gasteiger partial charge in [-0.25, -0.2) is 0 Å². The summed E-state index contributed by atoms with van der Waals surface area (Å²) in [5.41, 5.74) is 0. The number of halogens is 1. The molecule has 0 aromatic heterocycles. The van der Waals surface area contributed by atoms with E-state index in [4.69, 9.17) is 0 Å². The van der Waals surface area contributed by atoms with Crippen molar-refractivity contribution in [2.45, 2.75) is 36.9 Å². The molecular weight excluding hydrogens is 164 g/mol. The number of hydrogen-bond donors (Lipinski definition) is 0. The Hall–Kier alpha value is 0.480. The molecule has 0 aromatic carbocycles. The third-order valence-corrected chi connectivity index (χ3v) is 2.53. The van der Waals surface area contributed by atoms with Gasteiger partial charge in [0, 0.05) is 4.32 Å². The first-order valence-corrected chi connectivity index (χ1v) is 4.01. The van der Waals surface area contributed by atoms with Gasteiger partial charge in [-0.15, -0.1) is 0 Å². The molecule has 0 aliphatic heterocycles. The first-order valence-electron chi connectivity index (χ1n) is 3.21. The lowest BCUT2D eigenvalue weighted by molar-refractivity contribution is 0.493. The van der Waals surface area contributed by atoms with E-state index in [1.54, 1.807) is 0 Å². The van der Waals surface area contributed by atoms with Crippen molar-refractivity contribution in [1.29, 1.82) is 0 Å². The van der Waals surface area contributed by atoms with Crippen LogP contribution >= 0.6 is 15.9 Å². The van der Waals surface area contributed by atoms with E-state index in [9.17, 15) is 0 Å². The molecule has 0 atom stereocenters.